The minimum absolute atomic E-state index is 0.117. The van der Waals surface area contributed by atoms with Crippen molar-refractivity contribution in [2.45, 2.75) is 38.7 Å². The van der Waals surface area contributed by atoms with Crippen molar-refractivity contribution in [1.29, 1.82) is 0 Å². The van der Waals surface area contributed by atoms with E-state index < -0.39 is 6.10 Å². The molecule has 0 bridgehead atoms. The van der Waals surface area contributed by atoms with E-state index in [1.54, 1.807) is 18.9 Å². The standard InChI is InChI=1S/C12H23NO3/c1-10(14)8-13(2)12(15)6-5-11-4-3-7-16-9-11/h10-11,14H,3-9H2,1-2H3. The zero-order valence-corrected chi connectivity index (χ0v) is 10.3. The molecule has 0 saturated carbocycles. The highest BCUT2D eigenvalue weighted by molar-refractivity contribution is 5.75. The van der Waals surface area contributed by atoms with E-state index >= 15 is 0 Å². The summed E-state index contributed by atoms with van der Waals surface area (Å²) < 4.78 is 5.37. The topological polar surface area (TPSA) is 49.8 Å². The van der Waals surface area contributed by atoms with Gasteiger partial charge in [0, 0.05) is 33.2 Å². The molecular formula is C12H23NO3. The highest BCUT2D eigenvalue weighted by Gasteiger charge is 2.17. The average Bonchev–Trinajstić information content (AvgIpc) is 2.26. The third-order valence-corrected chi connectivity index (χ3v) is 2.98. The average molecular weight is 229 g/mol. The van der Waals surface area contributed by atoms with Gasteiger partial charge in [-0.1, -0.05) is 0 Å². The van der Waals surface area contributed by atoms with Crippen molar-refractivity contribution in [3.8, 4) is 0 Å². The molecule has 1 saturated heterocycles. The van der Waals surface area contributed by atoms with Crippen LogP contribution in [0.3, 0.4) is 0 Å². The SMILES string of the molecule is CC(O)CN(C)C(=O)CCC1CCCOC1. The minimum Gasteiger partial charge on any atom is -0.392 e. The van der Waals surface area contributed by atoms with E-state index in [-0.39, 0.29) is 5.91 Å². The molecule has 2 unspecified atom stereocenters. The maximum Gasteiger partial charge on any atom is 0.222 e. The van der Waals surface area contributed by atoms with Crippen molar-refractivity contribution in [3.63, 3.8) is 0 Å². The molecule has 0 aromatic rings. The van der Waals surface area contributed by atoms with E-state index in [0.29, 0.717) is 18.9 Å². The molecule has 1 aliphatic rings. The Morgan fingerprint density at radius 1 is 1.62 bits per heavy atom. The van der Waals surface area contributed by atoms with E-state index in [2.05, 4.69) is 0 Å². The molecule has 0 aliphatic carbocycles. The van der Waals surface area contributed by atoms with Gasteiger partial charge in [-0.15, -0.1) is 0 Å². The first-order valence-electron chi connectivity index (χ1n) is 6.09. The molecule has 0 radical (unpaired) electrons. The van der Waals surface area contributed by atoms with E-state index in [1.165, 1.54) is 6.42 Å². The number of hydrogen-bond acceptors (Lipinski definition) is 3. The van der Waals surface area contributed by atoms with E-state index in [4.69, 9.17) is 4.74 Å². The van der Waals surface area contributed by atoms with Crippen molar-refractivity contribution in [2.75, 3.05) is 26.8 Å². The van der Waals surface area contributed by atoms with Gasteiger partial charge in [-0.25, -0.2) is 0 Å². The van der Waals surface area contributed by atoms with Crippen molar-refractivity contribution in [1.82, 2.24) is 4.90 Å². The number of aliphatic hydroxyl groups excluding tert-OH is 1. The smallest absolute Gasteiger partial charge is 0.222 e. The van der Waals surface area contributed by atoms with Crippen molar-refractivity contribution >= 4 is 5.91 Å². The number of amides is 1. The summed E-state index contributed by atoms with van der Waals surface area (Å²) in [4.78, 5) is 13.3. The van der Waals surface area contributed by atoms with Crippen LogP contribution in [0.1, 0.15) is 32.6 Å². The number of aliphatic hydroxyl groups is 1. The summed E-state index contributed by atoms with van der Waals surface area (Å²) in [5, 5.41) is 9.17. The number of hydrogen-bond donors (Lipinski definition) is 1. The zero-order chi connectivity index (χ0) is 12.0. The summed E-state index contributed by atoms with van der Waals surface area (Å²) >= 11 is 0. The maximum absolute atomic E-state index is 11.7. The van der Waals surface area contributed by atoms with Crippen LogP contribution >= 0.6 is 0 Å². The zero-order valence-electron chi connectivity index (χ0n) is 10.3. The Morgan fingerprint density at radius 3 is 2.94 bits per heavy atom. The summed E-state index contributed by atoms with van der Waals surface area (Å²) in [6.45, 7) is 3.78. The van der Waals surface area contributed by atoms with Crippen LogP contribution in [0, 0.1) is 5.92 Å². The second-order valence-corrected chi connectivity index (χ2v) is 4.75. The Hall–Kier alpha value is -0.610. The lowest BCUT2D eigenvalue weighted by molar-refractivity contribution is -0.131. The highest BCUT2D eigenvalue weighted by atomic mass is 16.5. The van der Waals surface area contributed by atoms with Crippen molar-refractivity contribution in [3.05, 3.63) is 0 Å². The van der Waals surface area contributed by atoms with Gasteiger partial charge in [-0.3, -0.25) is 4.79 Å². The molecule has 1 amide bonds. The fraction of sp³-hybridized carbons (Fsp3) is 0.917. The van der Waals surface area contributed by atoms with E-state index in [1.807, 2.05) is 0 Å². The molecule has 4 nitrogen and oxygen atoms in total. The summed E-state index contributed by atoms with van der Waals surface area (Å²) in [6.07, 6.45) is 3.31. The van der Waals surface area contributed by atoms with Crippen LogP contribution in [0.5, 0.6) is 0 Å². The van der Waals surface area contributed by atoms with Crippen LogP contribution in [0.4, 0.5) is 0 Å². The Labute approximate surface area is 97.6 Å². The molecule has 1 N–H and O–H groups in total. The van der Waals surface area contributed by atoms with Crippen LogP contribution in [0.25, 0.3) is 0 Å². The first-order valence-corrected chi connectivity index (χ1v) is 6.09. The molecule has 0 aromatic heterocycles. The second-order valence-electron chi connectivity index (χ2n) is 4.75. The van der Waals surface area contributed by atoms with Gasteiger partial charge in [0.05, 0.1) is 6.10 Å². The summed E-state index contributed by atoms with van der Waals surface area (Å²) in [6, 6.07) is 0. The lowest BCUT2D eigenvalue weighted by Crippen LogP contribution is -2.33. The maximum atomic E-state index is 11.7. The molecule has 1 heterocycles. The fourth-order valence-electron chi connectivity index (χ4n) is 2.05. The van der Waals surface area contributed by atoms with Gasteiger partial charge in [0.2, 0.25) is 5.91 Å². The van der Waals surface area contributed by atoms with Crippen molar-refractivity contribution < 1.29 is 14.6 Å². The first kappa shape index (κ1) is 13.5. The third kappa shape index (κ3) is 4.94. The Bertz CT molecular complexity index is 212. The van der Waals surface area contributed by atoms with Gasteiger partial charge < -0.3 is 14.7 Å². The van der Waals surface area contributed by atoms with Gasteiger partial charge in [-0.2, -0.15) is 0 Å². The predicted molar refractivity (Wildman–Crippen MR) is 62.1 cm³/mol. The van der Waals surface area contributed by atoms with E-state index in [0.717, 1.165) is 26.1 Å². The molecule has 0 spiro atoms. The second kappa shape index (κ2) is 6.86. The van der Waals surface area contributed by atoms with Crippen LogP contribution in [0.15, 0.2) is 0 Å². The summed E-state index contributed by atoms with van der Waals surface area (Å²) in [5.74, 6) is 0.657. The van der Waals surface area contributed by atoms with Crippen LogP contribution in [0.2, 0.25) is 0 Å². The lowest BCUT2D eigenvalue weighted by Gasteiger charge is -2.23. The molecule has 2 atom stereocenters. The van der Waals surface area contributed by atoms with Crippen LogP contribution < -0.4 is 0 Å². The summed E-state index contributed by atoms with van der Waals surface area (Å²) in [7, 11) is 1.74. The quantitative estimate of drug-likeness (QED) is 0.766. The molecule has 1 aliphatic heterocycles. The number of ether oxygens (including phenoxy) is 1. The number of likely N-dealkylation sites (N-methyl/N-ethyl adjacent to an activating group) is 1. The van der Waals surface area contributed by atoms with Crippen LogP contribution in [-0.2, 0) is 9.53 Å². The third-order valence-electron chi connectivity index (χ3n) is 2.98. The largest absolute Gasteiger partial charge is 0.392 e. The number of rotatable bonds is 5. The predicted octanol–water partition coefficient (Wildman–Crippen LogP) is 1.03. The molecule has 16 heavy (non-hydrogen) atoms. The monoisotopic (exact) mass is 229 g/mol. The molecular weight excluding hydrogens is 206 g/mol. The van der Waals surface area contributed by atoms with Crippen molar-refractivity contribution in [2.24, 2.45) is 5.92 Å². The van der Waals surface area contributed by atoms with Gasteiger partial charge in [0.1, 0.15) is 0 Å². The number of carbonyl (C=O) groups excluding carboxylic acids is 1. The van der Waals surface area contributed by atoms with Crippen LogP contribution in [-0.4, -0.2) is 48.8 Å². The Morgan fingerprint density at radius 2 is 2.38 bits per heavy atom. The molecule has 4 heteroatoms. The van der Waals surface area contributed by atoms with Gasteiger partial charge in [-0.05, 0) is 32.1 Å². The highest BCUT2D eigenvalue weighted by Crippen LogP contribution is 2.19. The number of carbonyl (C=O) groups is 1. The molecule has 1 rings (SSSR count). The fourth-order valence-corrected chi connectivity index (χ4v) is 2.05. The minimum atomic E-state index is -0.452. The van der Waals surface area contributed by atoms with Gasteiger partial charge in [0.25, 0.3) is 0 Å². The normalized spacial score (nSPS) is 22.8. The Kier molecular flexibility index (Phi) is 5.77. The molecule has 1 fully saturated rings. The number of nitrogens with zero attached hydrogens (tertiary/aromatic N) is 1. The summed E-state index contributed by atoms with van der Waals surface area (Å²) in [5.41, 5.74) is 0. The van der Waals surface area contributed by atoms with Gasteiger partial charge >= 0.3 is 0 Å². The lowest BCUT2D eigenvalue weighted by atomic mass is 9.96. The van der Waals surface area contributed by atoms with Gasteiger partial charge in [0.15, 0.2) is 0 Å². The first-order chi connectivity index (χ1) is 7.59. The molecule has 94 valence electrons. The van der Waals surface area contributed by atoms with E-state index in [9.17, 15) is 9.90 Å². The Balaban J connectivity index is 2.17. The molecule has 0 aromatic carbocycles.